The molecule has 0 saturated carbocycles. The first kappa shape index (κ1) is 21.6. The molecule has 0 radical (unpaired) electrons. The molecule has 0 aliphatic carbocycles. The number of hydrogen-bond acceptors (Lipinski definition) is 3. The maximum atomic E-state index is 13.1. The zero-order chi connectivity index (χ0) is 22.5. The van der Waals surface area contributed by atoms with Gasteiger partial charge in [0, 0.05) is 24.0 Å². The number of hydrogen-bond donors (Lipinski definition) is 2. The Kier molecular flexibility index (Phi) is 6.51. The highest BCUT2D eigenvalue weighted by Gasteiger charge is 2.16. The molecule has 0 aliphatic rings. The Balaban J connectivity index is 1.58. The van der Waals surface area contributed by atoms with Crippen LogP contribution in [0, 0.1) is 5.82 Å². The van der Waals surface area contributed by atoms with E-state index in [1.807, 2.05) is 49.5 Å². The molecule has 0 spiro atoms. The molecule has 6 nitrogen and oxygen atoms in total. The highest BCUT2D eigenvalue weighted by atomic mass is 79.9. The summed E-state index contributed by atoms with van der Waals surface area (Å²) in [6, 6.07) is 20.4. The molecule has 3 aromatic carbocycles. The first-order valence-corrected chi connectivity index (χ1v) is 10.6. The molecule has 4 aromatic rings. The number of nitrogens with zero attached hydrogens (tertiary/aromatic N) is 2. The molecular weight excluding hydrogens is 475 g/mol. The largest absolute Gasteiger partial charge is 0.488 e. The van der Waals surface area contributed by atoms with Crippen LogP contribution in [0.5, 0.6) is 5.75 Å². The highest BCUT2D eigenvalue weighted by Crippen LogP contribution is 2.37. The lowest BCUT2D eigenvalue weighted by Gasteiger charge is -2.15. The molecule has 0 saturated heterocycles. The molecule has 162 valence electrons. The lowest BCUT2D eigenvalue weighted by atomic mass is 10.1. The summed E-state index contributed by atoms with van der Waals surface area (Å²) in [6.45, 7) is 0.404. The Morgan fingerprint density at radius 1 is 1.03 bits per heavy atom. The number of benzene rings is 3. The van der Waals surface area contributed by atoms with Crippen LogP contribution in [-0.4, -0.2) is 15.8 Å². The lowest BCUT2D eigenvalue weighted by molar-refractivity contribution is 0.262. The van der Waals surface area contributed by atoms with Crippen molar-refractivity contribution in [1.82, 2.24) is 9.78 Å². The number of ether oxygens (including phenoxy) is 1. The number of nitrogens with one attached hydrogen (secondary N) is 2. The fourth-order valence-corrected chi connectivity index (χ4v) is 3.76. The molecule has 8 heteroatoms. The molecule has 4 rings (SSSR count). The molecule has 1 heterocycles. The quantitative estimate of drug-likeness (QED) is 0.334. The molecule has 0 atom stereocenters. The van der Waals surface area contributed by atoms with Gasteiger partial charge in [0.2, 0.25) is 0 Å². The summed E-state index contributed by atoms with van der Waals surface area (Å²) in [6.07, 6.45) is 1.71. The fraction of sp³-hybridized carbons (Fsp3) is 0.0833. The van der Waals surface area contributed by atoms with Gasteiger partial charge in [-0.25, -0.2) is 9.18 Å². The van der Waals surface area contributed by atoms with Crippen molar-refractivity contribution in [3.63, 3.8) is 0 Å². The van der Waals surface area contributed by atoms with Crippen molar-refractivity contribution in [3.05, 3.63) is 94.8 Å². The average Bonchev–Trinajstić information content (AvgIpc) is 3.13. The van der Waals surface area contributed by atoms with Crippen molar-refractivity contribution < 1.29 is 13.9 Å². The van der Waals surface area contributed by atoms with Gasteiger partial charge in [-0.05, 0) is 64.0 Å². The van der Waals surface area contributed by atoms with Crippen molar-refractivity contribution in [2.75, 3.05) is 10.6 Å². The predicted octanol–water partition coefficient (Wildman–Crippen LogP) is 6.21. The number of amides is 2. The second kappa shape index (κ2) is 9.65. The minimum Gasteiger partial charge on any atom is -0.488 e. The van der Waals surface area contributed by atoms with Crippen LogP contribution in [0.1, 0.15) is 5.56 Å². The van der Waals surface area contributed by atoms with E-state index in [4.69, 9.17) is 4.74 Å². The number of aryl methyl sites for hydroxylation is 1. The second-order valence-corrected chi connectivity index (χ2v) is 7.89. The Morgan fingerprint density at radius 2 is 1.72 bits per heavy atom. The first-order valence-electron chi connectivity index (χ1n) is 9.82. The topological polar surface area (TPSA) is 68.2 Å². The third kappa shape index (κ3) is 5.15. The van der Waals surface area contributed by atoms with Crippen LogP contribution in [0.15, 0.2) is 83.5 Å². The number of urea groups is 1. The van der Waals surface area contributed by atoms with Gasteiger partial charge in [-0.3, -0.25) is 4.68 Å². The third-order valence-electron chi connectivity index (χ3n) is 4.73. The van der Waals surface area contributed by atoms with Crippen molar-refractivity contribution in [2.45, 2.75) is 6.61 Å². The maximum Gasteiger partial charge on any atom is 0.323 e. The van der Waals surface area contributed by atoms with Gasteiger partial charge in [0.15, 0.2) is 0 Å². The molecule has 0 bridgehead atoms. The molecule has 2 N–H and O–H groups in total. The number of carbonyl (C=O) groups excluding carboxylic acids is 1. The summed E-state index contributed by atoms with van der Waals surface area (Å²) in [5.74, 6) is 0.288. The van der Waals surface area contributed by atoms with Gasteiger partial charge in [0.25, 0.3) is 0 Å². The average molecular weight is 495 g/mol. The number of rotatable bonds is 6. The van der Waals surface area contributed by atoms with E-state index in [2.05, 4.69) is 31.7 Å². The monoisotopic (exact) mass is 494 g/mol. The molecule has 1 aromatic heterocycles. The van der Waals surface area contributed by atoms with Gasteiger partial charge >= 0.3 is 6.03 Å². The zero-order valence-electron chi connectivity index (χ0n) is 17.2. The van der Waals surface area contributed by atoms with Crippen molar-refractivity contribution in [1.29, 1.82) is 0 Å². The van der Waals surface area contributed by atoms with E-state index in [1.54, 1.807) is 16.9 Å². The Hall–Kier alpha value is -3.65. The van der Waals surface area contributed by atoms with Crippen LogP contribution in [0.3, 0.4) is 0 Å². The first-order chi connectivity index (χ1) is 15.5. The smallest absolute Gasteiger partial charge is 0.323 e. The van der Waals surface area contributed by atoms with E-state index in [1.165, 1.54) is 24.3 Å². The van der Waals surface area contributed by atoms with E-state index in [0.29, 0.717) is 23.7 Å². The van der Waals surface area contributed by atoms with Crippen molar-refractivity contribution in [3.8, 4) is 17.0 Å². The van der Waals surface area contributed by atoms with Crippen LogP contribution < -0.4 is 15.4 Å². The lowest BCUT2D eigenvalue weighted by Crippen LogP contribution is -2.19. The van der Waals surface area contributed by atoms with Crippen molar-refractivity contribution >= 4 is 33.3 Å². The van der Waals surface area contributed by atoms with Gasteiger partial charge in [-0.2, -0.15) is 5.10 Å². The minimum atomic E-state index is -0.440. The molecule has 0 fully saturated rings. The van der Waals surface area contributed by atoms with Crippen LogP contribution in [-0.2, 0) is 13.7 Å². The summed E-state index contributed by atoms with van der Waals surface area (Å²) in [5, 5.41) is 9.77. The van der Waals surface area contributed by atoms with Crippen LogP contribution in [0.25, 0.3) is 11.3 Å². The second-order valence-electron chi connectivity index (χ2n) is 7.04. The van der Waals surface area contributed by atoms with Gasteiger partial charge in [-0.1, -0.05) is 30.3 Å². The van der Waals surface area contributed by atoms with E-state index in [9.17, 15) is 9.18 Å². The van der Waals surface area contributed by atoms with Crippen molar-refractivity contribution in [2.24, 2.45) is 7.05 Å². The highest BCUT2D eigenvalue weighted by molar-refractivity contribution is 9.10. The molecule has 0 aliphatic heterocycles. The summed E-state index contributed by atoms with van der Waals surface area (Å²) >= 11 is 3.54. The molecule has 32 heavy (non-hydrogen) atoms. The van der Waals surface area contributed by atoms with Gasteiger partial charge in [0.1, 0.15) is 18.2 Å². The number of carbonyl (C=O) groups is 1. The van der Waals surface area contributed by atoms with Crippen LogP contribution >= 0.6 is 15.9 Å². The van der Waals surface area contributed by atoms with Crippen LogP contribution in [0.4, 0.5) is 20.6 Å². The zero-order valence-corrected chi connectivity index (χ0v) is 18.8. The fourth-order valence-electron chi connectivity index (χ4n) is 3.19. The standard InChI is InChI=1S/C24H20BrFN4O2/c1-30-23(21(25)14-27-30)20-13-19(29-24(31)28-18-9-7-17(26)8-10-18)11-12-22(20)32-15-16-5-3-2-4-6-16/h2-14H,15H2,1H3,(H2,28,29,31). The van der Waals surface area contributed by atoms with Gasteiger partial charge < -0.3 is 15.4 Å². The van der Waals surface area contributed by atoms with E-state index < -0.39 is 6.03 Å². The van der Waals surface area contributed by atoms with Gasteiger partial charge in [-0.15, -0.1) is 0 Å². The van der Waals surface area contributed by atoms with Gasteiger partial charge in [0.05, 0.1) is 16.4 Å². The Morgan fingerprint density at radius 3 is 2.41 bits per heavy atom. The molecular formula is C24H20BrFN4O2. The summed E-state index contributed by atoms with van der Waals surface area (Å²) in [5.41, 5.74) is 3.69. The number of aromatic nitrogens is 2. The minimum absolute atomic E-state index is 0.367. The SMILES string of the molecule is Cn1ncc(Br)c1-c1cc(NC(=O)Nc2ccc(F)cc2)ccc1OCc1ccccc1. The normalized spacial score (nSPS) is 10.6. The van der Waals surface area contributed by atoms with E-state index >= 15 is 0 Å². The predicted molar refractivity (Wildman–Crippen MR) is 126 cm³/mol. The van der Waals surface area contributed by atoms with E-state index in [-0.39, 0.29) is 5.82 Å². The summed E-state index contributed by atoms with van der Waals surface area (Å²) in [4.78, 5) is 12.4. The maximum absolute atomic E-state index is 13.1. The Bertz CT molecular complexity index is 1210. The third-order valence-corrected chi connectivity index (χ3v) is 5.31. The summed E-state index contributed by atoms with van der Waals surface area (Å²) in [7, 11) is 1.84. The number of anilines is 2. The summed E-state index contributed by atoms with van der Waals surface area (Å²) < 4.78 is 21.7. The number of halogens is 2. The van der Waals surface area contributed by atoms with E-state index in [0.717, 1.165) is 21.3 Å². The molecule has 0 unspecified atom stereocenters. The Labute approximate surface area is 193 Å². The molecule has 2 amide bonds. The van der Waals surface area contributed by atoms with Crippen LogP contribution in [0.2, 0.25) is 0 Å².